The smallest absolute Gasteiger partial charge is 0.126 e. The van der Waals surface area contributed by atoms with Crippen molar-refractivity contribution >= 4 is 0 Å². The van der Waals surface area contributed by atoms with Gasteiger partial charge in [-0.1, -0.05) is 84.7 Å². The van der Waals surface area contributed by atoms with Crippen LogP contribution in [-0.2, 0) is 0 Å². The molecule has 4 rings (SSSR count). The van der Waals surface area contributed by atoms with Crippen LogP contribution >= 0.6 is 0 Å². The molecule has 0 saturated heterocycles. The van der Waals surface area contributed by atoms with Crippen LogP contribution in [0.5, 0.6) is 0 Å². The molecule has 0 aromatic heterocycles. The normalized spacial score (nSPS) is 19.3. The Balaban J connectivity index is 0.000000220. The summed E-state index contributed by atoms with van der Waals surface area (Å²) < 4.78 is 12.6. The van der Waals surface area contributed by atoms with Crippen LogP contribution < -0.4 is 0 Å². The molecule has 2 aromatic rings. The standard InChI is InChI=1S/C8H9F.2C8H14.C8H10/c1-6-3-4-7(2)8(9)5-6;3*1-7-3-5-8(2)6-4-7/h3-5H,1-2H3;2*3,8H,4-6H2,1-2H3;3-6H,1-2H3. The molecular weight excluding hydrogens is 403 g/mol. The van der Waals surface area contributed by atoms with Crippen molar-refractivity contribution in [1.29, 1.82) is 0 Å². The monoisotopic (exact) mass is 450 g/mol. The molecule has 0 amide bonds. The average molecular weight is 451 g/mol. The molecule has 0 radical (unpaired) electrons. The lowest BCUT2D eigenvalue weighted by atomic mass is 9.92. The van der Waals surface area contributed by atoms with E-state index in [1.807, 2.05) is 13.0 Å². The van der Waals surface area contributed by atoms with Gasteiger partial charge in [-0.25, -0.2) is 4.39 Å². The number of aryl methyl sites for hydroxylation is 4. The molecule has 2 aromatic carbocycles. The molecular formula is C32H47F. The number of benzene rings is 2. The number of hydrogen-bond donors (Lipinski definition) is 0. The molecule has 0 aliphatic heterocycles. The fraction of sp³-hybridized carbons (Fsp3) is 0.500. The molecule has 2 aliphatic rings. The van der Waals surface area contributed by atoms with E-state index < -0.39 is 0 Å². The van der Waals surface area contributed by atoms with Crippen molar-refractivity contribution in [2.24, 2.45) is 11.8 Å². The SMILES string of the molecule is CC1=CCC(C)CC1.CC1=CCC(C)CC1.Cc1ccc(C)c(F)c1.Cc1ccc(C)cc1. The Morgan fingerprint density at radius 1 is 0.606 bits per heavy atom. The second kappa shape index (κ2) is 15.6. The molecule has 0 nitrogen and oxygen atoms in total. The van der Waals surface area contributed by atoms with Gasteiger partial charge in [0, 0.05) is 0 Å². The maximum atomic E-state index is 12.6. The summed E-state index contributed by atoms with van der Waals surface area (Å²) in [5.41, 5.74) is 7.51. The second-order valence-corrected chi connectivity index (χ2v) is 10.3. The van der Waals surface area contributed by atoms with Gasteiger partial charge in [0.05, 0.1) is 0 Å². The van der Waals surface area contributed by atoms with Gasteiger partial charge in [-0.2, -0.15) is 0 Å². The van der Waals surface area contributed by atoms with Crippen LogP contribution in [0.2, 0.25) is 0 Å². The Hall–Kier alpha value is -2.15. The molecule has 2 atom stereocenters. The first-order chi connectivity index (χ1) is 15.6. The highest BCUT2D eigenvalue weighted by Crippen LogP contribution is 2.22. The van der Waals surface area contributed by atoms with Crippen LogP contribution in [0.25, 0.3) is 0 Å². The van der Waals surface area contributed by atoms with Gasteiger partial charge in [0.15, 0.2) is 0 Å². The first kappa shape index (κ1) is 28.9. The van der Waals surface area contributed by atoms with Crippen LogP contribution in [0.15, 0.2) is 65.8 Å². The molecule has 0 N–H and O–H groups in total. The average Bonchev–Trinajstić information content (AvgIpc) is 2.79. The van der Waals surface area contributed by atoms with E-state index in [1.165, 1.54) is 55.7 Å². The number of allylic oxidation sites excluding steroid dienone is 4. The summed E-state index contributed by atoms with van der Waals surface area (Å²) in [6, 6.07) is 13.7. The Morgan fingerprint density at radius 2 is 1.00 bits per heavy atom. The van der Waals surface area contributed by atoms with Gasteiger partial charge in [-0.3, -0.25) is 0 Å². The van der Waals surface area contributed by atoms with Gasteiger partial charge < -0.3 is 0 Å². The number of halogens is 1. The van der Waals surface area contributed by atoms with E-state index in [9.17, 15) is 4.39 Å². The second-order valence-electron chi connectivity index (χ2n) is 10.3. The van der Waals surface area contributed by atoms with Crippen LogP contribution in [0.3, 0.4) is 0 Å². The Kier molecular flexibility index (Phi) is 13.7. The zero-order valence-electron chi connectivity index (χ0n) is 22.5. The minimum Gasteiger partial charge on any atom is -0.207 e. The highest BCUT2D eigenvalue weighted by molar-refractivity contribution is 5.21. The predicted molar refractivity (Wildman–Crippen MR) is 145 cm³/mol. The minimum absolute atomic E-state index is 0.116. The lowest BCUT2D eigenvalue weighted by Crippen LogP contribution is -1.98. The van der Waals surface area contributed by atoms with Crippen LogP contribution in [0.4, 0.5) is 4.39 Å². The molecule has 182 valence electrons. The zero-order valence-corrected chi connectivity index (χ0v) is 22.5. The summed E-state index contributed by atoms with van der Waals surface area (Å²) in [5.74, 6) is 1.77. The Morgan fingerprint density at radius 3 is 1.27 bits per heavy atom. The third-order valence-electron chi connectivity index (χ3n) is 6.35. The van der Waals surface area contributed by atoms with Gasteiger partial charge in [0.2, 0.25) is 0 Å². The topological polar surface area (TPSA) is 0 Å². The van der Waals surface area contributed by atoms with Crippen LogP contribution in [0.1, 0.15) is 88.5 Å². The van der Waals surface area contributed by atoms with Gasteiger partial charge in [-0.05, 0) is 109 Å². The van der Waals surface area contributed by atoms with Gasteiger partial charge in [0.1, 0.15) is 5.82 Å². The summed E-state index contributed by atoms with van der Waals surface area (Å²) in [5, 5.41) is 0. The maximum absolute atomic E-state index is 12.6. The van der Waals surface area contributed by atoms with Gasteiger partial charge >= 0.3 is 0 Å². The molecule has 0 saturated carbocycles. The van der Waals surface area contributed by atoms with Crippen molar-refractivity contribution in [1.82, 2.24) is 0 Å². The largest absolute Gasteiger partial charge is 0.207 e. The van der Waals surface area contributed by atoms with Crippen molar-refractivity contribution in [3.63, 3.8) is 0 Å². The third-order valence-corrected chi connectivity index (χ3v) is 6.35. The van der Waals surface area contributed by atoms with Crippen molar-refractivity contribution in [3.05, 3.63) is 93.8 Å². The van der Waals surface area contributed by atoms with E-state index in [4.69, 9.17) is 0 Å². The van der Waals surface area contributed by atoms with Crippen molar-refractivity contribution in [3.8, 4) is 0 Å². The summed E-state index contributed by atoms with van der Waals surface area (Å²) in [6.45, 7) is 16.9. The summed E-state index contributed by atoms with van der Waals surface area (Å²) in [4.78, 5) is 0. The lowest BCUT2D eigenvalue weighted by Gasteiger charge is -2.14. The summed E-state index contributed by atoms with van der Waals surface area (Å²) in [6.07, 6.45) is 12.8. The van der Waals surface area contributed by atoms with Crippen molar-refractivity contribution in [2.45, 2.75) is 93.9 Å². The first-order valence-corrected chi connectivity index (χ1v) is 12.6. The lowest BCUT2D eigenvalue weighted by molar-refractivity contribution is 0.514. The van der Waals surface area contributed by atoms with Gasteiger partial charge in [0.25, 0.3) is 0 Å². The van der Waals surface area contributed by atoms with Crippen molar-refractivity contribution < 1.29 is 4.39 Å². The fourth-order valence-corrected chi connectivity index (χ4v) is 3.53. The number of hydrogen-bond acceptors (Lipinski definition) is 0. The Labute approximate surface area is 204 Å². The van der Waals surface area contributed by atoms with E-state index in [0.29, 0.717) is 5.56 Å². The minimum atomic E-state index is -0.116. The molecule has 0 fully saturated rings. The van der Waals surface area contributed by atoms with E-state index in [0.717, 1.165) is 17.4 Å². The number of rotatable bonds is 0. The van der Waals surface area contributed by atoms with E-state index >= 15 is 0 Å². The van der Waals surface area contributed by atoms with Crippen molar-refractivity contribution in [2.75, 3.05) is 0 Å². The highest BCUT2D eigenvalue weighted by atomic mass is 19.1. The maximum Gasteiger partial charge on any atom is 0.126 e. The zero-order chi connectivity index (χ0) is 24.8. The first-order valence-electron chi connectivity index (χ1n) is 12.6. The quantitative estimate of drug-likeness (QED) is 0.350. The van der Waals surface area contributed by atoms with Crippen LogP contribution in [0, 0.1) is 45.3 Å². The molecule has 2 unspecified atom stereocenters. The summed E-state index contributed by atoms with van der Waals surface area (Å²) >= 11 is 0. The molecule has 0 heterocycles. The molecule has 1 heteroatoms. The van der Waals surface area contributed by atoms with E-state index in [1.54, 1.807) is 24.1 Å². The van der Waals surface area contributed by atoms with Gasteiger partial charge in [-0.15, -0.1) is 0 Å². The molecule has 0 bridgehead atoms. The highest BCUT2D eigenvalue weighted by Gasteiger charge is 2.06. The molecule has 0 spiro atoms. The fourth-order valence-electron chi connectivity index (χ4n) is 3.53. The third kappa shape index (κ3) is 13.9. The molecule has 2 aliphatic carbocycles. The summed E-state index contributed by atoms with van der Waals surface area (Å²) in [7, 11) is 0. The Bertz CT molecular complexity index is 821. The molecule has 33 heavy (non-hydrogen) atoms. The van der Waals surface area contributed by atoms with E-state index in [2.05, 4.69) is 78.0 Å². The van der Waals surface area contributed by atoms with E-state index in [-0.39, 0.29) is 5.82 Å². The predicted octanol–water partition coefficient (Wildman–Crippen LogP) is 10.3. The van der Waals surface area contributed by atoms with Crippen LogP contribution in [-0.4, -0.2) is 0 Å².